The summed E-state index contributed by atoms with van der Waals surface area (Å²) < 4.78 is 16.4. The van der Waals surface area contributed by atoms with Gasteiger partial charge in [-0.15, -0.1) is 0 Å². The molecular formula is C22H27N2O5+. The SMILES string of the molecule is O=C(COc1coc(C[NH+]2CCc3ccccc3C2)cc1=O)NC[C@H]1CCCO1. The van der Waals surface area contributed by atoms with Gasteiger partial charge >= 0.3 is 0 Å². The summed E-state index contributed by atoms with van der Waals surface area (Å²) in [5, 5.41) is 2.76. The van der Waals surface area contributed by atoms with Gasteiger partial charge in [0.15, 0.2) is 12.4 Å². The van der Waals surface area contributed by atoms with Gasteiger partial charge in [0, 0.05) is 31.2 Å². The van der Waals surface area contributed by atoms with E-state index in [1.54, 1.807) is 0 Å². The third-order valence-corrected chi connectivity index (χ3v) is 5.49. The van der Waals surface area contributed by atoms with E-state index in [-0.39, 0.29) is 29.8 Å². The molecule has 2 aromatic rings. The van der Waals surface area contributed by atoms with Crippen molar-refractivity contribution >= 4 is 5.91 Å². The molecule has 29 heavy (non-hydrogen) atoms. The van der Waals surface area contributed by atoms with E-state index in [1.165, 1.54) is 28.4 Å². The van der Waals surface area contributed by atoms with Crippen molar-refractivity contribution in [3.63, 3.8) is 0 Å². The van der Waals surface area contributed by atoms with Crippen LogP contribution in [0, 0.1) is 0 Å². The molecule has 7 nitrogen and oxygen atoms in total. The maximum Gasteiger partial charge on any atom is 0.258 e. The molecule has 0 spiro atoms. The van der Waals surface area contributed by atoms with E-state index in [2.05, 4.69) is 29.6 Å². The molecule has 0 saturated carbocycles. The zero-order valence-electron chi connectivity index (χ0n) is 16.4. The molecule has 1 saturated heterocycles. The van der Waals surface area contributed by atoms with Crippen LogP contribution in [0.25, 0.3) is 0 Å². The molecule has 3 heterocycles. The molecule has 2 N–H and O–H groups in total. The summed E-state index contributed by atoms with van der Waals surface area (Å²) in [5.41, 5.74) is 2.49. The van der Waals surface area contributed by atoms with E-state index in [9.17, 15) is 9.59 Å². The number of quaternary nitrogens is 1. The summed E-state index contributed by atoms with van der Waals surface area (Å²) in [7, 11) is 0. The highest BCUT2D eigenvalue weighted by atomic mass is 16.5. The number of benzene rings is 1. The van der Waals surface area contributed by atoms with Gasteiger partial charge in [-0.25, -0.2) is 0 Å². The van der Waals surface area contributed by atoms with Crippen molar-refractivity contribution in [3.05, 3.63) is 63.7 Å². The molecular weight excluding hydrogens is 372 g/mol. The van der Waals surface area contributed by atoms with Crippen LogP contribution < -0.4 is 20.4 Å². The highest BCUT2D eigenvalue weighted by molar-refractivity contribution is 5.77. The Kier molecular flexibility index (Phi) is 6.27. The van der Waals surface area contributed by atoms with Crippen molar-refractivity contribution in [1.82, 2.24) is 5.32 Å². The third kappa shape index (κ3) is 5.25. The van der Waals surface area contributed by atoms with Crippen molar-refractivity contribution in [2.45, 2.75) is 38.5 Å². The van der Waals surface area contributed by atoms with Crippen molar-refractivity contribution in [2.75, 3.05) is 26.3 Å². The molecule has 1 aromatic heterocycles. The van der Waals surface area contributed by atoms with Gasteiger partial charge in [-0.1, -0.05) is 24.3 Å². The van der Waals surface area contributed by atoms with Crippen LogP contribution in [0.15, 0.2) is 45.8 Å². The van der Waals surface area contributed by atoms with Crippen molar-refractivity contribution < 1.29 is 23.6 Å². The summed E-state index contributed by atoms with van der Waals surface area (Å²) in [4.78, 5) is 25.6. The molecule has 1 fully saturated rings. The Morgan fingerprint density at radius 1 is 1.28 bits per heavy atom. The number of fused-ring (bicyclic) bond motifs is 1. The fraction of sp³-hybridized carbons (Fsp3) is 0.455. The number of rotatable bonds is 7. The van der Waals surface area contributed by atoms with Crippen LogP contribution in [0.4, 0.5) is 0 Å². The Morgan fingerprint density at radius 3 is 2.93 bits per heavy atom. The van der Waals surface area contributed by atoms with Crippen molar-refractivity contribution in [2.24, 2.45) is 0 Å². The summed E-state index contributed by atoms with van der Waals surface area (Å²) in [6.45, 7) is 3.57. The van der Waals surface area contributed by atoms with Crippen molar-refractivity contribution in [1.29, 1.82) is 0 Å². The first kappa shape index (κ1) is 19.7. The minimum Gasteiger partial charge on any atom is -0.477 e. The topological polar surface area (TPSA) is 82.2 Å². The number of amides is 1. The number of carbonyl (C=O) groups is 1. The van der Waals surface area contributed by atoms with E-state index in [0.717, 1.165) is 39.0 Å². The third-order valence-electron chi connectivity index (χ3n) is 5.49. The minimum absolute atomic E-state index is 0.0556. The zero-order chi connectivity index (χ0) is 20.1. The van der Waals surface area contributed by atoms with Crippen LogP contribution >= 0.6 is 0 Å². The molecule has 1 aromatic carbocycles. The van der Waals surface area contributed by atoms with Crippen LogP contribution in [0.5, 0.6) is 5.75 Å². The lowest BCUT2D eigenvalue weighted by Crippen LogP contribution is -3.10. The second-order valence-electron chi connectivity index (χ2n) is 7.67. The minimum atomic E-state index is -0.277. The van der Waals surface area contributed by atoms with Gasteiger partial charge < -0.3 is 24.1 Å². The van der Waals surface area contributed by atoms with Gasteiger partial charge in [-0.2, -0.15) is 0 Å². The predicted molar refractivity (Wildman–Crippen MR) is 106 cm³/mol. The molecule has 0 aliphatic carbocycles. The predicted octanol–water partition coefficient (Wildman–Crippen LogP) is 0.455. The first-order valence-electron chi connectivity index (χ1n) is 10.2. The Hall–Kier alpha value is -2.64. The zero-order valence-corrected chi connectivity index (χ0v) is 16.4. The van der Waals surface area contributed by atoms with Crippen LogP contribution in [0.1, 0.15) is 29.7 Å². The van der Waals surface area contributed by atoms with Gasteiger partial charge in [0.05, 0.1) is 12.6 Å². The molecule has 2 aliphatic rings. The first-order chi connectivity index (χ1) is 14.2. The number of carbonyl (C=O) groups excluding carboxylic acids is 1. The molecule has 0 radical (unpaired) electrons. The Labute approximate surface area is 169 Å². The highest BCUT2D eigenvalue weighted by Crippen LogP contribution is 2.12. The smallest absolute Gasteiger partial charge is 0.258 e. The van der Waals surface area contributed by atoms with E-state index >= 15 is 0 Å². The van der Waals surface area contributed by atoms with Gasteiger partial charge in [0.2, 0.25) is 11.2 Å². The number of nitrogens with one attached hydrogen (secondary N) is 2. The van der Waals surface area contributed by atoms with Crippen LogP contribution in [0.2, 0.25) is 0 Å². The number of hydrogen-bond donors (Lipinski definition) is 2. The Morgan fingerprint density at radius 2 is 2.14 bits per heavy atom. The van der Waals surface area contributed by atoms with Crippen LogP contribution in [0.3, 0.4) is 0 Å². The maximum atomic E-state index is 12.3. The van der Waals surface area contributed by atoms with Gasteiger partial charge in [0.25, 0.3) is 5.91 Å². The quantitative estimate of drug-likeness (QED) is 0.707. The fourth-order valence-electron chi connectivity index (χ4n) is 3.90. The van der Waals surface area contributed by atoms with E-state index in [1.807, 2.05) is 0 Å². The second-order valence-corrected chi connectivity index (χ2v) is 7.67. The highest BCUT2D eigenvalue weighted by Gasteiger charge is 2.21. The number of ether oxygens (including phenoxy) is 2. The monoisotopic (exact) mass is 399 g/mol. The summed E-state index contributed by atoms with van der Waals surface area (Å²) in [5.74, 6) is 0.403. The molecule has 7 heteroatoms. The maximum absolute atomic E-state index is 12.3. The van der Waals surface area contributed by atoms with E-state index in [0.29, 0.717) is 18.8 Å². The Balaban J connectivity index is 1.27. The molecule has 2 aliphatic heterocycles. The summed E-state index contributed by atoms with van der Waals surface area (Å²) >= 11 is 0. The average molecular weight is 399 g/mol. The lowest BCUT2D eigenvalue weighted by atomic mass is 10.00. The molecule has 4 rings (SSSR count). The standard InChI is InChI=1S/C22H26N2O5/c25-20-10-19(13-24-8-7-16-4-1-2-5-17(16)12-24)28-14-21(20)29-15-22(26)23-11-18-6-3-9-27-18/h1-2,4-5,10,14,18H,3,6-9,11-13,15H2,(H,23,26)/p+1/t18-/m1/s1. The molecule has 1 unspecified atom stereocenters. The molecule has 0 bridgehead atoms. The van der Waals surface area contributed by atoms with E-state index in [4.69, 9.17) is 13.9 Å². The van der Waals surface area contributed by atoms with Crippen molar-refractivity contribution in [3.8, 4) is 5.75 Å². The first-order valence-corrected chi connectivity index (χ1v) is 10.2. The Bertz CT molecular complexity index is 904. The summed E-state index contributed by atoms with van der Waals surface area (Å²) in [6, 6.07) is 9.93. The molecule has 154 valence electrons. The van der Waals surface area contributed by atoms with Gasteiger partial charge in [-0.05, 0) is 18.4 Å². The largest absolute Gasteiger partial charge is 0.477 e. The average Bonchev–Trinajstić information content (AvgIpc) is 3.25. The fourth-order valence-corrected chi connectivity index (χ4v) is 3.90. The summed E-state index contributed by atoms with van der Waals surface area (Å²) in [6.07, 6.45) is 4.39. The van der Waals surface area contributed by atoms with Crippen LogP contribution in [-0.2, 0) is 29.0 Å². The van der Waals surface area contributed by atoms with Crippen LogP contribution in [-0.4, -0.2) is 38.3 Å². The lowest BCUT2D eigenvalue weighted by molar-refractivity contribution is -0.930. The second kappa shape index (κ2) is 9.24. The molecule has 1 amide bonds. The van der Waals surface area contributed by atoms with Gasteiger partial charge in [0.1, 0.15) is 19.4 Å². The lowest BCUT2D eigenvalue weighted by Gasteiger charge is -2.25. The van der Waals surface area contributed by atoms with E-state index < -0.39 is 0 Å². The van der Waals surface area contributed by atoms with Gasteiger partial charge in [-0.3, -0.25) is 9.59 Å². The molecule has 2 atom stereocenters. The normalized spacial score (nSPS) is 20.8. The number of hydrogen-bond acceptors (Lipinski definition) is 5.